The molecule has 2 nitrogen and oxygen atoms in total. The lowest BCUT2D eigenvalue weighted by Crippen LogP contribution is -2.24. The number of hydrogen-bond donors (Lipinski definition) is 1. The highest BCUT2D eigenvalue weighted by Crippen LogP contribution is 2.19. The highest BCUT2D eigenvalue weighted by molar-refractivity contribution is 5.55. The molecular formula is C13H20F2N2. The topological polar surface area (TPSA) is 15.3 Å². The summed E-state index contributed by atoms with van der Waals surface area (Å²) in [4.78, 5) is 2.21. The van der Waals surface area contributed by atoms with E-state index in [2.05, 4.69) is 24.1 Å². The zero-order valence-corrected chi connectivity index (χ0v) is 10.6. The van der Waals surface area contributed by atoms with Gasteiger partial charge in [0.15, 0.2) is 0 Å². The second kappa shape index (κ2) is 6.42. The zero-order valence-electron chi connectivity index (χ0n) is 10.6. The van der Waals surface area contributed by atoms with E-state index in [1.165, 1.54) is 6.92 Å². The number of halogens is 2. The number of alkyl halides is 2. The van der Waals surface area contributed by atoms with Gasteiger partial charge in [-0.3, -0.25) is 0 Å². The van der Waals surface area contributed by atoms with Crippen molar-refractivity contribution in [1.82, 2.24) is 0 Å². The average molecular weight is 242 g/mol. The van der Waals surface area contributed by atoms with Crippen molar-refractivity contribution in [1.29, 1.82) is 0 Å². The summed E-state index contributed by atoms with van der Waals surface area (Å²) in [5.74, 6) is 0. The standard InChI is InChI=1S/C13H20F2N2/c1-4-17(5-2)12-8-6-11(7-9-12)16-10(3)13(14)15/h6-10,13,16H,4-5H2,1-3H3. The van der Waals surface area contributed by atoms with Crippen molar-refractivity contribution in [3.05, 3.63) is 24.3 Å². The van der Waals surface area contributed by atoms with Gasteiger partial charge in [0.1, 0.15) is 0 Å². The van der Waals surface area contributed by atoms with Crippen LogP contribution in [-0.2, 0) is 0 Å². The molecule has 1 atom stereocenters. The second-order valence-corrected chi connectivity index (χ2v) is 3.99. The SMILES string of the molecule is CCN(CC)c1ccc(NC(C)C(F)F)cc1. The third kappa shape index (κ3) is 3.88. The lowest BCUT2D eigenvalue weighted by Gasteiger charge is -2.21. The summed E-state index contributed by atoms with van der Waals surface area (Å²) < 4.78 is 24.7. The predicted molar refractivity (Wildman–Crippen MR) is 69.1 cm³/mol. The van der Waals surface area contributed by atoms with E-state index >= 15 is 0 Å². The van der Waals surface area contributed by atoms with Crippen LogP contribution in [0.15, 0.2) is 24.3 Å². The number of benzene rings is 1. The summed E-state index contributed by atoms with van der Waals surface area (Å²) in [5.41, 5.74) is 1.85. The number of rotatable bonds is 6. The molecule has 0 aliphatic heterocycles. The van der Waals surface area contributed by atoms with Crippen molar-refractivity contribution >= 4 is 11.4 Å². The first-order valence-electron chi connectivity index (χ1n) is 5.98. The second-order valence-electron chi connectivity index (χ2n) is 3.99. The highest BCUT2D eigenvalue weighted by Gasteiger charge is 2.13. The summed E-state index contributed by atoms with van der Waals surface area (Å²) in [6, 6.07) is 6.76. The van der Waals surface area contributed by atoms with E-state index in [9.17, 15) is 8.78 Å². The van der Waals surface area contributed by atoms with E-state index < -0.39 is 12.5 Å². The molecule has 0 aliphatic rings. The number of nitrogens with zero attached hydrogens (tertiary/aromatic N) is 1. The van der Waals surface area contributed by atoms with E-state index in [4.69, 9.17) is 0 Å². The third-order valence-corrected chi connectivity index (χ3v) is 2.77. The number of hydrogen-bond acceptors (Lipinski definition) is 2. The fourth-order valence-corrected chi connectivity index (χ4v) is 1.68. The lowest BCUT2D eigenvalue weighted by molar-refractivity contribution is 0.131. The van der Waals surface area contributed by atoms with E-state index in [0.29, 0.717) is 0 Å². The van der Waals surface area contributed by atoms with Gasteiger partial charge in [-0.1, -0.05) is 0 Å². The predicted octanol–water partition coefficient (Wildman–Crippen LogP) is 3.60. The first-order chi connectivity index (χ1) is 8.08. The maximum atomic E-state index is 12.4. The number of nitrogens with one attached hydrogen (secondary N) is 1. The van der Waals surface area contributed by atoms with E-state index in [1.54, 1.807) is 0 Å². The van der Waals surface area contributed by atoms with Crippen LogP contribution >= 0.6 is 0 Å². The minimum absolute atomic E-state index is 0.730. The Morgan fingerprint density at radius 2 is 1.65 bits per heavy atom. The molecule has 0 spiro atoms. The van der Waals surface area contributed by atoms with E-state index in [0.717, 1.165) is 24.5 Å². The maximum Gasteiger partial charge on any atom is 0.258 e. The van der Waals surface area contributed by atoms with Crippen molar-refractivity contribution in [3.63, 3.8) is 0 Å². The molecule has 0 saturated heterocycles. The van der Waals surface area contributed by atoms with Crippen LogP contribution < -0.4 is 10.2 Å². The molecule has 1 N–H and O–H groups in total. The Bertz CT molecular complexity index is 321. The van der Waals surface area contributed by atoms with Crippen LogP contribution in [0.4, 0.5) is 20.2 Å². The molecule has 1 aromatic rings. The van der Waals surface area contributed by atoms with Crippen molar-refractivity contribution in [2.24, 2.45) is 0 Å². The Morgan fingerprint density at radius 3 is 2.06 bits per heavy atom. The van der Waals surface area contributed by atoms with Gasteiger partial charge in [0, 0.05) is 24.5 Å². The molecule has 96 valence electrons. The van der Waals surface area contributed by atoms with Gasteiger partial charge in [0.25, 0.3) is 6.43 Å². The molecule has 17 heavy (non-hydrogen) atoms. The van der Waals surface area contributed by atoms with Gasteiger partial charge in [-0.05, 0) is 45.0 Å². The molecule has 1 unspecified atom stereocenters. The van der Waals surface area contributed by atoms with Crippen LogP contribution in [0.3, 0.4) is 0 Å². The summed E-state index contributed by atoms with van der Waals surface area (Å²) in [7, 11) is 0. The van der Waals surface area contributed by atoms with Crippen molar-refractivity contribution < 1.29 is 8.78 Å². The van der Waals surface area contributed by atoms with Crippen molar-refractivity contribution in [2.75, 3.05) is 23.3 Å². The summed E-state index contributed by atoms with van der Waals surface area (Å²) in [6.07, 6.45) is -2.35. The third-order valence-electron chi connectivity index (χ3n) is 2.77. The zero-order chi connectivity index (χ0) is 12.8. The van der Waals surface area contributed by atoms with Crippen LogP contribution in [0.2, 0.25) is 0 Å². The largest absolute Gasteiger partial charge is 0.377 e. The first kappa shape index (κ1) is 13.7. The molecule has 0 radical (unpaired) electrons. The molecule has 0 bridgehead atoms. The Hall–Kier alpha value is -1.32. The van der Waals surface area contributed by atoms with Gasteiger partial charge in [0.05, 0.1) is 6.04 Å². The van der Waals surface area contributed by atoms with Crippen LogP contribution in [-0.4, -0.2) is 25.6 Å². The Labute approximate surface area is 102 Å². The Balaban J connectivity index is 2.67. The molecule has 0 fully saturated rings. The number of anilines is 2. The van der Waals surface area contributed by atoms with Gasteiger partial charge < -0.3 is 10.2 Å². The van der Waals surface area contributed by atoms with Crippen molar-refractivity contribution in [2.45, 2.75) is 33.2 Å². The van der Waals surface area contributed by atoms with E-state index in [1.807, 2.05) is 24.3 Å². The van der Waals surface area contributed by atoms with Crippen LogP contribution in [0.5, 0.6) is 0 Å². The Kier molecular flexibility index (Phi) is 5.19. The molecule has 0 heterocycles. The minimum Gasteiger partial charge on any atom is -0.377 e. The smallest absolute Gasteiger partial charge is 0.258 e. The average Bonchev–Trinajstić information content (AvgIpc) is 2.32. The van der Waals surface area contributed by atoms with Gasteiger partial charge in [-0.15, -0.1) is 0 Å². The first-order valence-corrected chi connectivity index (χ1v) is 5.98. The molecule has 1 rings (SSSR count). The summed E-state index contributed by atoms with van der Waals surface area (Å²) in [5, 5.41) is 2.77. The highest BCUT2D eigenvalue weighted by atomic mass is 19.3. The Morgan fingerprint density at radius 1 is 1.12 bits per heavy atom. The molecule has 4 heteroatoms. The monoisotopic (exact) mass is 242 g/mol. The molecule has 0 aromatic heterocycles. The summed E-state index contributed by atoms with van der Waals surface area (Å²) in [6.45, 7) is 7.54. The molecular weight excluding hydrogens is 222 g/mol. The summed E-state index contributed by atoms with van der Waals surface area (Å²) >= 11 is 0. The molecule has 1 aromatic carbocycles. The molecule has 0 amide bonds. The van der Waals surface area contributed by atoms with Gasteiger partial charge in [-0.2, -0.15) is 0 Å². The quantitative estimate of drug-likeness (QED) is 0.820. The van der Waals surface area contributed by atoms with Crippen LogP contribution in [0.25, 0.3) is 0 Å². The molecule has 0 saturated carbocycles. The fourth-order valence-electron chi connectivity index (χ4n) is 1.68. The van der Waals surface area contributed by atoms with Crippen LogP contribution in [0, 0.1) is 0 Å². The molecule has 0 aliphatic carbocycles. The maximum absolute atomic E-state index is 12.4. The van der Waals surface area contributed by atoms with E-state index in [-0.39, 0.29) is 0 Å². The van der Waals surface area contributed by atoms with Crippen molar-refractivity contribution in [3.8, 4) is 0 Å². The minimum atomic E-state index is -2.35. The fraction of sp³-hybridized carbons (Fsp3) is 0.538. The lowest BCUT2D eigenvalue weighted by atomic mass is 10.2. The normalized spacial score (nSPS) is 12.6. The van der Waals surface area contributed by atoms with Gasteiger partial charge in [-0.25, -0.2) is 8.78 Å². The van der Waals surface area contributed by atoms with Gasteiger partial charge in [0.2, 0.25) is 0 Å². The van der Waals surface area contributed by atoms with Gasteiger partial charge >= 0.3 is 0 Å². The van der Waals surface area contributed by atoms with Crippen LogP contribution in [0.1, 0.15) is 20.8 Å².